The largest absolute Gasteiger partial charge is 0.271 e. The van der Waals surface area contributed by atoms with Gasteiger partial charge in [-0.2, -0.15) is 0 Å². The minimum Gasteiger partial charge on any atom is -0.271 e. The van der Waals surface area contributed by atoms with Crippen molar-refractivity contribution < 1.29 is 0 Å². The number of benzene rings is 1. The molecule has 1 aromatic carbocycles. The third-order valence-electron chi connectivity index (χ3n) is 2.21. The lowest BCUT2D eigenvalue weighted by molar-refractivity contribution is 0.537. The summed E-state index contributed by atoms with van der Waals surface area (Å²) in [6.45, 7) is 4.19. The van der Waals surface area contributed by atoms with Gasteiger partial charge in [0.15, 0.2) is 0 Å². The van der Waals surface area contributed by atoms with Crippen molar-refractivity contribution in [2.75, 3.05) is 0 Å². The first-order chi connectivity index (χ1) is 6.20. The summed E-state index contributed by atoms with van der Waals surface area (Å²) in [6.07, 6.45) is 0.985. The summed E-state index contributed by atoms with van der Waals surface area (Å²) in [6, 6.07) is 6.45. The molecule has 72 valence electrons. The first-order valence-electron chi connectivity index (χ1n) is 4.41. The molecule has 1 unspecified atom stereocenters. The van der Waals surface area contributed by atoms with Gasteiger partial charge in [-0.15, -0.1) is 0 Å². The van der Waals surface area contributed by atoms with Gasteiger partial charge in [0.1, 0.15) is 0 Å². The van der Waals surface area contributed by atoms with E-state index in [1.54, 1.807) is 0 Å². The Kier molecular flexibility index (Phi) is 3.90. The third kappa shape index (κ3) is 2.30. The molecule has 0 aliphatic rings. The van der Waals surface area contributed by atoms with Crippen LogP contribution >= 0.6 is 15.9 Å². The summed E-state index contributed by atoms with van der Waals surface area (Å²) in [5.41, 5.74) is 5.27. The van der Waals surface area contributed by atoms with E-state index in [1.807, 2.05) is 0 Å². The molecule has 0 fully saturated rings. The topological polar surface area (TPSA) is 38.0 Å². The standard InChI is InChI=1S/C10H15BrN2/c1-3-9(13-12)8-6-4-5-7(2)10(8)11/h4-6,9,13H,3,12H2,1-2H3. The van der Waals surface area contributed by atoms with Gasteiger partial charge < -0.3 is 0 Å². The molecule has 0 bridgehead atoms. The van der Waals surface area contributed by atoms with Gasteiger partial charge in [0, 0.05) is 10.5 Å². The first-order valence-corrected chi connectivity index (χ1v) is 5.21. The van der Waals surface area contributed by atoms with Crippen molar-refractivity contribution in [1.82, 2.24) is 5.43 Å². The summed E-state index contributed by atoms with van der Waals surface area (Å²) in [5, 5.41) is 0. The zero-order chi connectivity index (χ0) is 9.84. The van der Waals surface area contributed by atoms with E-state index in [0.717, 1.165) is 10.9 Å². The molecule has 2 nitrogen and oxygen atoms in total. The fourth-order valence-corrected chi connectivity index (χ4v) is 1.91. The molecule has 3 heteroatoms. The van der Waals surface area contributed by atoms with Crippen molar-refractivity contribution in [3.8, 4) is 0 Å². The maximum atomic E-state index is 5.46. The Morgan fingerprint density at radius 1 is 1.54 bits per heavy atom. The Morgan fingerprint density at radius 2 is 2.23 bits per heavy atom. The molecule has 0 aliphatic carbocycles. The second-order valence-corrected chi connectivity index (χ2v) is 3.90. The van der Waals surface area contributed by atoms with E-state index in [9.17, 15) is 0 Å². The zero-order valence-electron chi connectivity index (χ0n) is 7.97. The van der Waals surface area contributed by atoms with Crippen molar-refractivity contribution in [3.05, 3.63) is 33.8 Å². The Balaban J connectivity index is 3.05. The molecule has 0 heterocycles. The highest BCUT2D eigenvalue weighted by molar-refractivity contribution is 9.10. The van der Waals surface area contributed by atoms with E-state index in [0.29, 0.717) is 0 Å². The van der Waals surface area contributed by atoms with Crippen LogP contribution < -0.4 is 11.3 Å². The number of nitrogens with two attached hydrogens (primary N) is 1. The molecule has 0 aromatic heterocycles. The van der Waals surface area contributed by atoms with E-state index in [1.165, 1.54) is 11.1 Å². The van der Waals surface area contributed by atoms with Crippen LogP contribution in [0, 0.1) is 6.92 Å². The van der Waals surface area contributed by atoms with Crippen LogP contribution in [0.2, 0.25) is 0 Å². The number of halogens is 1. The summed E-state index contributed by atoms with van der Waals surface area (Å²) in [7, 11) is 0. The van der Waals surface area contributed by atoms with Crippen LogP contribution in [-0.4, -0.2) is 0 Å². The van der Waals surface area contributed by atoms with Gasteiger partial charge in [0.25, 0.3) is 0 Å². The highest BCUT2D eigenvalue weighted by Crippen LogP contribution is 2.27. The molecule has 1 atom stereocenters. The van der Waals surface area contributed by atoms with Crippen LogP contribution in [0.4, 0.5) is 0 Å². The number of hydrogen-bond acceptors (Lipinski definition) is 2. The van der Waals surface area contributed by atoms with Crippen LogP contribution in [0.15, 0.2) is 22.7 Å². The average Bonchev–Trinajstić information content (AvgIpc) is 2.14. The maximum absolute atomic E-state index is 5.46. The fraction of sp³-hybridized carbons (Fsp3) is 0.400. The Labute approximate surface area is 87.6 Å². The minimum atomic E-state index is 0.231. The van der Waals surface area contributed by atoms with E-state index >= 15 is 0 Å². The van der Waals surface area contributed by atoms with Crippen LogP contribution in [0.5, 0.6) is 0 Å². The summed E-state index contributed by atoms with van der Waals surface area (Å²) in [4.78, 5) is 0. The normalized spacial score (nSPS) is 12.9. The molecule has 0 amide bonds. The fourth-order valence-electron chi connectivity index (χ4n) is 1.37. The van der Waals surface area contributed by atoms with Gasteiger partial charge >= 0.3 is 0 Å². The third-order valence-corrected chi connectivity index (χ3v) is 3.29. The lowest BCUT2D eigenvalue weighted by Crippen LogP contribution is -2.27. The molecule has 1 rings (SSSR count). The smallest absolute Gasteiger partial charge is 0.0468 e. The van der Waals surface area contributed by atoms with Crippen molar-refractivity contribution >= 4 is 15.9 Å². The van der Waals surface area contributed by atoms with Crippen molar-refractivity contribution in [3.63, 3.8) is 0 Å². The first kappa shape index (κ1) is 10.7. The summed E-state index contributed by atoms with van der Waals surface area (Å²) in [5.74, 6) is 5.46. The molecule has 0 saturated carbocycles. The van der Waals surface area contributed by atoms with Crippen LogP contribution in [0.3, 0.4) is 0 Å². The Bertz CT molecular complexity index is 282. The van der Waals surface area contributed by atoms with Crippen LogP contribution in [-0.2, 0) is 0 Å². The van der Waals surface area contributed by atoms with Gasteiger partial charge in [0.05, 0.1) is 0 Å². The number of rotatable bonds is 3. The van der Waals surface area contributed by atoms with Crippen LogP contribution in [0.1, 0.15) is 30.5 Å². The van der Waals surface area contributed by atoms with Crippen molar-refractivity contribution in [1.29, 1.82) is 0 Å². The quantitative estimate of drug-likeness (QED) is 0.632. The predicted octanol–water partition coefficient (Wildman–Crippen LogP) is 2.67. The lowest BCUT2D eigenvalue weighted by atomic mass is 10.0. The second-order valence-electron chi connectivity index (χ2n) is 3.11. The Hall–Kier alpha value is -0.380. The van der Waals surface area contributed by atoms with E-state index in [2.05, 4.69) is 53.4 Å². The van der Waals surface area contributed by atoms with Gasteiger partial charge in [-0.25, -0.2) is 0 Å². The van der Waals surface area contributed by atoms with Gasteiger partial charge in [-0.3, -0.25) is 11.3 Å². The highest BCUT2D eigenvalue weighted by atomic mass is 79.9. The van der Waals surface area contributed by atoms with E-state index < -0.39 is 0 Å². The monoisotopic (exact) mass is 242 g/mol. The number of hydrogen-bond donors (Lipinski definition) is 2. The SMILES string of the molecule is CCC(NN)c1cccc(C)c1Br. The molecule has 0 radical (unpaired) electrons. The summed E-state index contributed by atoms with van der Waals surface area (Å²) < 4.78 is 1.15. The zero-order valence-corrected chi connectivity index (χ0v) is 9.56. The molecule has 0 saturated heterocycles. The number of aryl methyl sites for hydroxylation is 1. The molecule has 0 spiro atoms. The predicted molar refractivity (Wildman–Crippen MR) is 59.2 cm³/mol. The van der Waals surface area contributed by atoms with E-state index in [-0.39, 0.29) is 6.04 Å². The van der Waals surface area contributed by atoms with Gasteiger partial charge in [0.2, 0.25) is 0 Å². The van der Waals surface area contributed by atoms with Crippen molar-refractivity contribution in [2.45, 2.75) is 26.3 Å². The highest BCUT2D eigenvalue weighted by Gasteiger charge is 2.11. The second kappa shape index (κ2) is 4.74. The summed E-state index contributed by atoms with van der Waals surface area (Å²) >= 11 is 3.57. The lowest BCUT2D eigenvalue weighted by Gasteiger charge is -2.16. The van der Waals surface area contributed by atoms with Gasteiger partial charge in [-0.1, -0.05) is 41.1 Å². The molecule has 0 aliphatic heterocycles. The maximum Gasteiger partial charge on any atom is 0.0468 e. The van der Waals surface area contributed by atoms with Crippen LogP contribution in [0.25, 0.3) is 0 Å². The molecule has 13 heavy (non-hydrogen) atoms. The van der Waals surface area contributed by atoms with Crippen molar-refractivity contribution in [2.24, 2.45) is 5.84 Å². The van der Waals surface area contributed by atoms with E-state index in [4.69, 9.17) is 5.84 Å². The number of hydrazine groups is 1. The molecule has 1 aromatic rings. The Morgan fingerprint density at radius 3 is 2.77 bits per heavy atom. The number of nitrogens with one attached hydrogen (secondary N) is 1. The minimum absolute atomic E-state index is 0.231. The molecule has 3 N–H and O–H groups in total. The van der Waals surface area contributed by atoms with Gasteiger partial charge in [-0.05, 0) is 24.5 Å². The molecular formula is C10H15BrN2. The molecular weight excluding hydrogens is 228 g/mol. The average molecular weight is 243 g/mol.